The minimum absolute atomic E-state index is 0.0889. The SMILES string of the molecule is CCNC(=O)[C@@H](C)N(Cc1cccc(Br)c1)C(=O)CN(c1ccc(Cl)cc1Cl)S(C)(=O)=O. The van der Waals surface area contributed by atoms with Crippen molar-refractivity contribution in [2.75, 3.05) is 23.7 Å². The number of hydrogen-bond donors (Lipinski definition) is 1. The molecule has 0 saturated carbocycles. The zero-order valence-electron chi connectivity index (χ0n) is 17.8. The topological polar surface area (TPSA) is 86.8 Å². The second-order valence-corrected chi connectivity index (χ2v) is 10.8. The fraction of sp³-hybridized carbons (Fsp3) is 0.333. The van der Waals surface area contributed by atoms with Crippen LogP contribution in [-0.2, 0) is 26.2 Å². The quantitative estimate of drug-likeness (QED) is 0.497. The van der Waals surface area contributed by atoms with Gasteiger partial charge in [-0.25, -0.2) is 8.42 Å². The van der Waals surface area contributed by atoms with Crippen molar-refractivity contribution in [1.82, 2.24) is 10.2 Å². The first-order chi connectivity index (χ1) is 14.9. The molecule has 0 aromatic heterocycles. The summed E-state index contributed by atoms with van der Waals surface area (Å²) in [5.74, 6) is -0.897. The summed E-state index contributed by atoms with van der Waals surface area (Å²) in [5.41, 5.74) is 0.902. The highest BCUT2D eigenvalue weighted by atomic mass is 79.9. The van der Waals surface area contributed by atoms with E-state index in [-0.39, 0.29) is 23.2 Å². The number of rotatable bonds is 9. The zero-order chi connectivity index (χ0) is 24.1. The second-order valence-electron chi connectivity index (χ2n) is 7.09. The van der Waals surface area contributed by atoms with Gasteiger partial charge in [0.05, 0.1) is 17.0 Å². The lowest BCUT2D eigenvalue weighted by Gasteiger charge is -2.31. The van der Waals surface area contributed by atoms with Crippen molar-refractivity contribution in [3.63, 3.8) is 0 Å². The monoisotopic (exact) mass is 563 g/mol. The number of amides is 2. The molecule has 2 rings (SSSR count). The van der Waals surface area contributed by atoms with E-state index in [1.54, 1.807) is 13.8 Å². The van der Waals surface area contributed by atoms with Gasteiger partial charge in [-0.15, -0.1) is 0 Å². The summed E-state index contributed by atoms with van der Waals surface area (Å²) in [6.45, 7) is 3.36. The molecule has 2 amide bonds. The molecule has 7 nitrogen and oxygen atoms in total. The molecule has 1 N–H and O–H groups in total. The molecule has 0 saturated heterocycles. The average Bonchev–Trinajstić information content (AvgIpc) is 2.69. The Morgan fingerprint density at radius 3 is 2.41 bits per heavy atom. The molecule has 0 radical (unpaired) electrons. The maximum atomic E-state index is 13.4. The highest BCUT2D eigenvalue weighted by Gasteiger charge is 2.30. The Labute approximate surface area is 206 Å². The molecule has 2 aromatic carbocycles. The van der Waals surface area contributed by atoms with Crippen LogP contribution in [-0.4, -0.2) is 50.5 Å². The first-order valence-corrected chi connectivity index (χ1v) is 13.1. The van der Waals surface area contributed by atoms with E-state index in [9.17, 15) is 18.0 Å². The lowest BCUT2D eigenvalue weighted by Crippen LogP contribution is -2.51. The van der Waals surface area contributed by atoms with E-state index >= 15 is 0 Å². The highest BCUT2D eigenvalue weighted by Crippen LogP contribution is 2.30. The number of halogens is 3. The molecule has 0 aliphatic rings. The molecule has 0 spiro atoms. The van der Waals surface area contributed by atoms with Gasteiger partial charge in [0.2, 0.25) is 21.8 Å². The van der Waals surface area contributed by atoms with Gasteiger partial charge in [-0.05, 0) is 49.7 Å². The van der Waals surface area contributed by atoms with Crippen LogP contribution in [0.3, 0.4) is 0 Å². The maximum Gasteiger partial charge on any atom is 0.244 e. The van der Waals surface area contributed by atoms with Gasteiger partial charge < -0.3 is 10.2 Å². The molecule has 0 bridgehead atoms. The van der Waals surface area contributed by atoms with Crippen molar-refractivity contribution >= 4 is 66.7 Å². The Bertz CT molecular complexity index is 1100. The third-order valence-corrected chi connectivity index (χ3v) is 6.78. The molecule has 32 heavy (non-hydrogen) atoms. The van der Waals surface area contributed by atoms with Crippen LogP contribution in [0.5, 0.6) is 0 Å². The van der Waals surface area contributed by atoms with Crippen molar-refractivity contribution in [2.45, 2.75) is 26.4 Å². The van der Waals surface area contributed by atoms with E-state index in [1.807, 2.05) is 24.3 Å². The van der Waals surface area contributed by atoms with Crippen molar-refractivity contribution in [2.24, 2.45) is 0 Å². The Kier molecular flexibility index (Phi) is 9.39. The first kappa shape index (κ1) is 26.4. The number of nitrogens with zero attached hydrogens (tertiary/aromatic N) is 2. The molecule has 174 valence electrons. The minimum Gasteiger partial charge on any atom is -0.355 e. The smallest absolute Gasteiger partial charge is 0.244 e. The van der Waals surface area contributed by atoms with Gasteiger partial charge in [0.15, 0.2) is 0 Å². The van der Waals surface area contributed by atoms with E-state index in [0.717, 1.165) is 20.6 Å². The molecular weight excluding hydrogens is 541 g/mol. The van der Waals surface area contributed by atoms with Crippen molar-refractivity contribution in [1.29, 1.82) is 0 Å². The Morgan fingerprint density at radius 2 is 1.84 bits per heavy atom. The van der Waals surface area contributed by atoms with Crippen LogP contribution in [0.1, 0.15) is 19.4 Å². The molecule has 11 heteroatoms. The summed E-state index contributed by atoms with van der Waals surface area (Å²) >= 11 is 15.5. The number of carbonyl (C=O) groups is 2. The van der Waals surface area contributed by atoms with E-state index in [0.29, 0.717) is 11.6 Å². The number of hydrogen-bond acceptors (Lipinski definition) is 4. The predicted octanol–water partition coefficient (Wildman–Crippen LogP) is 4.08. The van der Waals surface area contributed by atoms with Crippen LogP contribution in [0, 0.1) is 0 Å². The molecule has 0 aliphatic heterocycles. The second kappa shape index (κ2) is 11.4. The third-order valence-electron chi connectivity index (χ3n) is 4.62. The Morgan fingerprint density at radius 1 is 1.16 bits per heavy atom. The van der Waals surface area contributed by atoms with Gasteiger partial charge in [-0.2, -0.15) is 0 Å². The molecule has 0 fully saturated rings. The molecule has 0 unspecified atom stereocenters. The zero-order valence-corrected chi connectivity index (χ0v) is 21.7. The summed E-state index contributed by atoms with van der Waals surface area (Å²) in [7, 11) is -3.87. The van der Waals surface area contributed by atoms with E-state index in [4.69, 9.17) is 23.2 Å². The molecule has 1 atom stereocenters. The fourth-order valence-corrected chi connectivity index (χ4v) is 4.88. The summed E-state index contributed by atoms with van der Waals surface area (Å²) in [6.07, 6.45) is 0.983. The molecular formula is C21H24BrCl2N3O4S. The third kappa shape index (κ3) is 7.10. The van der Waals surface area contributed by atoms with Crippen LogP contribution in [0.25, 0.3) is 0 Å². The number of nitrogens with one attached hydrogen (secondary N) is 1. The number of anilines is 1. The van der Waals surface area contributed by atoms with Crippen LogP contribution in [0.4, 0.5) is 5.69 Å². The van der Waals surface area contributed by atoms with Gasteiger partial charge in [0.1, 0.15) is 12.6 Å². The summed E-state index contributed by atoms with van der Waals surface area (Å²) in [4.78, 5) is 27.2. The molecule has 2 aromatic rings. The van der Waals surface area contributed by atoms with Crippen LogP contribution in [0.15, 0.2) is 46.9 Å². The first-order valence-electron chi connectivity index (χ1n) is 9.68. The molecule has 0 heterocycles. The van der Waals surface area contributed by atoms with E-state index in [2.05, 4.69) is 21.2 Å². The maximum absolute atomic E-state index is 13.4. The van der Waals surface area contributed by atoms with Gasteiger partial charge in [0, 0.05) is 22.6 Å². The van der Waals surface area contributed by atoms with Gasteiger partial charge in [-0.3, -0.25) is 13.9 Å². The lowest BCUT2D eigenvalue weighted by molar-refractivity contribution is -0.139. The predicted molar refractivity (Wildman–Crippen MR) is 131 cm³/mol. The van der Waals surface area contributed by atoms with Crippen LogP contribution < -0.4 is 9.62 Å². The van der Waals surface area contributed by atoms with Crippen molar-refractivity contribution in [3.8, 4) is 0 Å². The number of benzene rings is 2. The van der Waals surface area contributed by atoms with Crippen LogP contribution >= 0.6 is 39.1 Å². The number of likely N-dealkylation sites (N-methyl/N-ethyl adjacent to an activating group) is 1. The number of sulfonamides is 1. The summed E-state index contributed by atoms with van der Waals surface area (Å²) < 4.78 is 26.8. The summed E-state index contributed by atoms with van der Waals surface area (Å²) in [5, 5.41) is 3.12. The minimum atomic E-state index is -3.87. The Hall–Kier alpha value is -1.81. The average molecular weight is 565 g/mol. The standard InChI is InChI=1S/C21H24BrCl2N3O4S/c1-4-25-21(29)14(2)26(12-15-6-5-7-16(22)10-15)20(28)13-27(32(3,30)31)19-9-8-17(23)11-18(19)24/h5-11,14H,4,12-13H2,1-3H3,(H,25,29)/t14-/m1/s1. The van der Waals surface area contributed by atoms with Crippen molar-refractivity contribution < 1.29 is 18.0 Å². The Balaban J connectivity index is 2.42. The van der Waals surface area contributed by atoms with Gasteiger partial charge >= 0.3 is 0 Å². The fourth-order valence-electron chi connectivity index (χ4n) is 3.01. The largest absolute Gasteiger partial charge is 0.355 e. The lowest BCUT2D eigenvalue weighted by atomic mass is 10.1. The van der Waals surface area contributed by atoms with Gasteiger partial charge in [-0.1, -0.05) is 51.3 Å². The van der Waals surface area contributed by atoms with E-state index < -0.39 is 28.5 Å². The number of carbonyl (C=O) groups excluding carboxylic acids is 2. The van der Waals surface area contributed by atoms with Crippen molar-refractivity contribution in [3.05, 3.63) is 62.5 Å². The van der Waals surface area contributed by atoms with Crippen LogP contribution in [0.2, 0.25) is 10.0 Å². The highest BCUT2D eigenvalue weighted by molar-refractivity contribution is 9.10. The normalized spacial score (nSPS) is 12.2. The van der Waals surface area contributed by atoms with Gasteiger partial charge in [0.25, 0.3) is 0 Å². The molecule has 0 aliphatic carbocycles. The van der Waals surface area contributed by atoms with E-state index in [1.165, 1.54) is 23.1 Å². The summed E-state index contributed by atoms with van der Waals surface area (Å²) in [6, 6.07) is 10.8.